The van der Waals surface area contributed by atoms with Crippen LogP contribution in [0.1, 0.15) is 36.8 Å². The van der Waals surface area contributed by atoms with Crippen molar-refractivity contribution >= 4 is 81.4 Å². The molecule has 0 spiro atoms. The summed E-state index contributed by atoms with van der Waals surface area (Å²) in [6.07, 6.45) is 14.9. The summed E-state index contributed by atoms with van der Waals surface area (Å²) in [4.78, 5) is 23.9. The largest absolute Gasteiger partial charge is 2.00 e. The van der Waals surface area contributed by atoms with E-state index in [0.29, 0.717) is 12.8 Å². The Morgan fingerprint density at radius 3 is 1.27 bits per heavy atom. The van der Waals surface area contributed by atoms with Gasteiger partial charge in [-0.1, -0.05) is 108 Å². The van der Waals surface area contributed by atoms with E-state index in [9.17, 15) is 9.59 Å². The zero-order valence-electron chi connectivity index (χ0n) is 29.6. The molecule has 0 aliphatic carbocycles. The third-order valence-corrected chi connectivity index (χ3v) is 10.5. The molecule has 1 radical (unpaired) electrons. The molecular weight excluding hydrogens is 823 g/mol. The second kappa shape index (κ2) is 23.4. The van der Waals surface area contributed by atoms with Crippen LogP contribution in [0.4, 0.5) is 11.4 Å². The van der Waals surface area contributed by atoms with Crippen molar-refractivity contribution in [3.05, 3.63) is 157 Å². The Labute approximate surface area is 339 Å². The van der Waals surface area contributed by atoms with Gasteiger partial charge in [-0.25, -0.2) is 0 Å². The molecule has 2 N–H and O–H groups in total. The average Bonchev–Trinajstić information content (AvgIpc) is 4.03. The maximum absolute atomic E-state index is 9.46. The van der Waals surface area contributed by atoms with Crippen molar-refractivity contribution in [2.45, 2.75) is 25.7 Å². The Kier molecular flexibility index (Phi) is 18.3. The number of allylic oxidation sites excluding steroid dienone is 2. The first-order chi connectivity index (χ1) is 25.3. The summed E-state index contributed by atoms with van der Waals surface area (Å²) < 4.78 is 4.83. The molecule has 0 aromatic heterocycles. The molecule has 6 aromatic rings. The second-order valence-electron chi connectivity index (χ2n) is 12.3. The number of amides is 2. The fourth-order valence-electron chi connectivity index (χ4n) is 6.31. The molecule has 2 aliphatic heterocycles. The topological polar surface area (TPSA) is 64.7 Å². The van der Waals surface area contributed by atoms with Gasteiger partial charge in [0, 0.05) is 26.2 Å². The maximum Gasteiger partial charge on any atom is 2.00 e. The van der Waals surface area contributed by atoms with Crippen molar-refractivity contribution < 1.29 is 35.8 Å². The van der Waals surface area contributed by atoms with E-state index in [1.54, 1.807) is 0 Å². The average molecular weight is 869 g/mol. The van der Waals surface area contributed by atoms with Crippen LogP contribution in [0.3, 0.4) is 0 Å². The minimum Gasteiger partial charge on any atom is -0.417 e. The fraction of sp³-hybridized carbons (Fsp3) is 0.182. The van der Waals surface area contributed by atoms with E-state index in [0.717, 1.165) is 0 Å². The molecule has 2 heterocycles. The third-order valence-electron chi connectivity index (χ3n) is 8.80. The number of fused-ring (bicyclic) bond motifs is 2. The third kappa shape index (κ3) is 12.8. The normalized spacial score (nSPS) is 13.3. The van der Waals surface area contributed by atoms with Crippen molar-refractivity contribution in [2.24, 2.45) is 0 Å². The number of nitrogens with zero attached hydrogens (tertiary/aromatic N) is 2. The van der Waals surface area contributed by atoms with Gasteiger partial charge in [-0.05, 0) is 36.8 Å². The van der Waals surface area contributed by atoms with E-state index in [2.05, 4.69) is 138 Å². The number of benzene rings is 4. The quantitative estimate of drug-likeness (QED) is 0.0661. The molecule has 2 amide bonds. The van der Waals surface area contributed by atoms with Crippen LogP contribution in [-0.4, -0.2) is 62.5 Å². The molecule has 8 rings (SSSR count). The maximum atomic E-state index is 9.46. The van der Waals surface area contributed by atoms with Crippen molar-refractivity contribution in [1.29, 1.82) is 0 Å². The number of hydrogen-bond donors (Lipinski definition) is 2. The molecule has 2 saturated heterocycles. The minimum absolute atomic E-state index is 0. The van der Waals surface area contributed by atoms with E-state index >= 15 is 0 Å². The van der Waals surface area contributed by atoms with Crippen molar-refractivity contribution in [3.8, 4) is 0 Å². The molecule has 2 aliphatic rings. The smallest absolute Gasteiger partial charge is 0.417 e. The summed E-state index contributed by atoms with van der Waals surface area (Å²) >= 11 is -1.20. The van der Waals surface area contributed by atoms with Gasteiger partial charge in [-0.2, -0.15) is 0 Å². The van der Waals surface area contributed by atoms with Gasteiger partial charge in [-0.15, -0.1) is 82.2 Å². The van der Waals surface area contributed by atoms with Crippen molar-refractivity contribution in [2.75, 3.05) is 36.0 Å². The SMILES string of the molecule is C(C=Cc1ccccc1)=Cc1ccccc1.O=C[NH][In][NH]C=O.[Zr+2].c1ccc2c(N3CCCC3)c[cH-]c2c1.c1ccc2c(N3CCCC3)c[cH-]c2c1. The molecule has 0 unspecified atom stereocenters. The summed E-state index contributed by atoms with van der Waals surface area (Å²) in [5.74, 6) is 0. The number of anilines is 2. The second-order valence-corrected chi connectivity index (χ2v) is 15.0. The number of rotatable bonds is 9. The van der Waals surface area contributed by atoms with Gasteiger partial charge in [-0.3, -0.25) is 0 Å². The van der Waals surface area contributed by atoms with Crippen LogP contribution in [0, 0.1) is 0 Å². The summed E-state index contributed by atoms with van der Waals surface area (Å²) in [6.45, 7) is 4.92. The first kappa shape index (κ1) is 40.6. The standard InChI is InChI=1S/C16H14.2C13H14N.2CH3NO.In.Zr/c1-3-9-15(10-4-1)13-7-8-14-16-11-5-2-6-12-16;2*1-2-6-12-11(5-1)7-8-13(12)14-9-3-4-10-14;2*2-1-3;;/h1-14H;2*1-2,5-8H,3-4,9-10H2;2*1H,(H2,2,3);;/q;2*-1;;;2*+2/p-2. The Hall–Kier alpha value is -4.13. The van der Waals surface area contributed by atoms with E-state index in [4.69, 9.17) is 0 Å². The van der Waals surface area contributed by atoms with E-state index in [-0.39, 0.29) is 26.2 Å². The van der Waals surface area contributed by atoms with E-state index in [1.165, 1.54) is 95.9 Å². The van der Waals surface area contributed by atoms with Crippen LogP contribution < -0.4 is 16.4 Å². The Morgan fingerprint density at radius 2 is 0.885 bits per heavy atom. The van der Waals surface area contributed by atoms with Crippen LogP contribution >= 0.6 is 0 Å². The van der Waals surface area contributed by atoms with Gasteiger partial charge in [0.1, 0.15) is 0 Å². The van der Waals surface area contributed by atoms with Crippen LogP contribution in [-0.2, 0) is 35.8 Å². The predicted molar refractivity (Wildman–Crippen MR) is 217 cm³/mol. The zero-order chi connectivity index (χ0) is 35.4. The summed E-state index contributed by atoms with van der Waals surface area (Å²) in [6, 6.07) is 46.8. The fourth-order valence-corrected chi connectivity index (χ4v) is 6.98. The van der Waals surface area contributed by atoms with Crippen LogP contribution in [0.25, 0.3) is 33.7 Å². The van der Waals surface area contributed by atoms with E-state index < -0.39 is 23.5 Å². The molecule has 261 valence electrons. The molecule has 2 fully saturated rings. The molecule has 8 heteroatoms. The molecule has 0 bridgehead atoms. The van der Waals surface area contributed by atoms with Gasteiger partial charge in [0.05, 0.1) is 0 Å². The van der Waals surface area contributed by atoms with Gasteiger partial charge < -0.3 is 9.80 Å². The van der Waals surface area contributed by atoms with Crippen LogP contribution in [0.5, 0.6) is 0 Å². The molecule has 6 aromatic carbocycles. The summed E-state index contributed by atoms with van der Waals surface area (Å²) in [5, 5.41) is 5.56. The van der Waals surface area contributed by atoms with Crippen molar-refractivity contribution in [3.63, 3.8) is 0 Å². The first-order valence-electron chi connectivity index (χ1n) is 17.7. The minimum atomic E-state index is -1.20. The Morgan fingerprint density at radius 1 is 0.519 bits per heavy atom. The Bertz CT molecular complexity index is 1800. The van der Waals surface area contributed by atoms with Gasteiger partial charge >= 0.3 is 78.7 Å². The molecular formula is C44H46InN4O2Zr. The molecule has 6 nitrogen and oxygen atoms in total. The Balaban J connectivity index is 0.000000159. The first-order valence-corrected chi connectivity index (χ1v) is 21.0. The monoisotopic (exact) mass is 867 g/mol. The molecule has 0 atom stereocenters. The molecule has 52 heavy (non-hydrogen) atoms. The summed E-state index contributed by atoms with van der Waals surface area (Å²) in [7, 11) is 0. The van der Waals surface area contributed by atoms with Gasteiger partial charge in [0.2, 0.25) is 0 Å². The van der Waals surface area contributed by atoms with E-state index in [1.807, 2.05) is 36.4 Å². The molecule has 0 saturated carbocycles. The van der Waals surface area contributed by atoms with Crippen LogP contribution in [0.15, 0.2) is 146 Å². The van der Waals surface area contributed by atoms with Gasteiger partial charge in [0.25, 0.3) is 0 Å². The number of carbonyl (C=O) groups excluding carboxylic acids is 2. The number of nitrogens with one attached hydrogen (secondary N) is 2. The zero-order valence-corrected chi connectivity index (χ0v) is 35.4. The van der Waals surface area contributed by atoms with Gasteiger partial charge in [0.15, 0.2) is 0 Å². The van der Waals surface area contributed by atoms with Crippen molar-refractivity contribution in [1.82, 2.24) is 6.61 Å². The number of hydrogen-bond acceptors (Lipinski definition) is 4. The summed E-state index contributed by atoms with van der Waals surface area (Å²) in [5.41, 5.74) is 5.30. The predicted octanol–water partition coefficient (Wildman–Crippen LogP) is 8.74. The van der Waals surface area contributed by atoms with Crippen LogP contribution in [0.2, 0.25) is 0 Å². The number of carbonyl (C=O) groups is 2.